The normalized spacial score (nSPS) is 11.4. The van der Waals surface area contributed by atoms with Crippen LogP contribution in [0, 0.1) is 0 Å². The Morgan fingerprint density at radius 2 is 2.00 bits per heavy atom. The van der Waals surface area contributed by atoms with Gasteiger partial charge in [0, 0.05) is 6.42 Å². The number of benzene rings is 1. The van der Waals surface area contributed by atoms with Gasteiger partial charge in [0.15, 0.2) is 17.3 Å². The maximum atomic E-state index is 11.6. The molecule has 0 unspecified atom stereocenters. The van der Waals surface area contributed by atoms with Crippen molar-refractivity contribution in [2.24, 2.45) is 0 Å². The second kappa shape index (κ2) is 10.7. The van der Waals surface area contributed by atoms with Crippen LogP contribution in [0.25, 0.3) is 6.08 Å². The Morgan fingerprint density at radius 3 is 2.73 bits per heavy atom. The predicted octanol–water partition coefficient (Wildman–Crippen LogP) is 4.90. The highest BCUT2D eigenvalue weighted by atomic mass is 16.5. The lowest BCUT2D eigenvalue weighted by atomic mass is 10.1. The molecular weight excluding hydrogens is 276 g/mol. The van der Waals surface area contributed by atoms with Gasteiger partial charge in [-0.15, -0.1) is 0 Å². The Bertz CT molecular complexity index is 515. The number of unbranched alkanes of at least 4 members (excludes halogenated alkanes) is 2. The number of allylic oxidation sites excluding steroid dienone is 3. The fraction of sp³-hybridized carbons (Fsp3) is 0.421. The van der Waals surface area contributed by atoms with Gasteiger partial charge in [-0.3, -0.25) is 4.79 Å². The highest BCUT2D eigenvalue weighted by Crippen LogP contribution is 2.27. The van der Waals surface area contributed by atoms with Crippen molar-refractivity contribution in [3.63, 3.8) is 0 Å². The molecule has 0 fully saturated rings. The molecule has 0 aromatic heterocycles. The smallest absolute Gasteiger partial charge is 0.161 e. The molecule has 3 heteroatoms. The molecule has 0 aliphatic heterocycles. The van der Waals surface area contributed by atoms with Crippen molar-refractivity contribution < 1.29 is 14.6 Å². The molecule has 1 N–H and O–H groups in total. The van der Waals surface area contributed by atoms with Crippen LogP contribution in [0.1, 0.15) is 51.5 Å². The first-order chi connectivity index (χ1) is 10.7. The second-order valence-electron chi connectivity index (χ2n) is 5.22. The van der Waals surface area contributed by atoms with Crippen LogP contribution in [0.15, 0.2) is 36.4 Å². The molecule has 0 aliphatic carbocycles. The molecule has 0 bridgehead atoms. The fourth-order valence-corrected chi connectivity index (χ4v) is 1.92. The number of hydrogen-bond donors (Lipinski definition) is 1. The van der Waals surface area contributed by atoms with Crippen molar-refractivity contribution in [1.82, 2.24) is 0 Å². The zero-order valence-corrected chi connectivity index (χ0v) is 13.5. The zero-order chi connectivity index (χ0) is 16.2. The molecule has 1 aromatic carbocycles. The summed E-state index contributed by atoms with van der Waals surface area (Å²) >= 11 is 0. The van der Waals surface area contributed by atoms with Gasteiger partial charge >= 0.3 is 0 Å². The summed E-state index contributed by atoms with van der Waals surface area (Å²) in [6, 6.07) is 5.21. The van der Waals surface area contributed by atoms with Gasteiger partial charge in [0.25, 0.3) is 0 Å². The number of carbonyl (C=O) groups excluding carboxylic acids is 1. The summed E-state index contributed by atoms with van der Waals surface area (Å²) in [5.74, 6) is 0.798. The Labute approximate surface area is 133 Å². The topological polar surface area (TPSA) is 46.5 Å². The van der Waals surface area contributed by atoms with Gasteiger partial charge in [-0.25, -0.2) is 0 Å². The van der Waals surface area contributed by atoms with Crippen molar-refractivity contribution in [3.8, 4) is 11.5 Å². The number of rotatable bonds is 10. The van der Waals surface area contributed by atoms with E-state index in [4.69, 9.17) is 4.74 Å². The number of ketones is 1. The summed E-state index contributed by atoms with van der Waals surface area (Å²) in [5, 5.41) is 9.70. The summed E-state index contributed by atoms with van der Waals surface area (Å²) in [4.78, 5) is 11.6. The van der Waals surface area contributed by atoms with E-state index in [2.05, 4.69) is 6.92 Å². The van der Waals surface area contributed by atoms with Gasteiger partial charge in [0.2, 0.25) is 0 Å². The third kappa shape index (κ3) is 7.11. The Balaban J connectivity index is 2.53. The first kappa shape index (κ1) is 18.0. The average Bonchev–Trinajstić information content (AvgIpc) is 2.52. The fourth-order valence-electron chi connectivity index (χ4n) is 1.92. The van der Waals surface area contributed by atoms with Crippen molar-refractivity contribution in [3.05, 3.63) is 42.0 Å². The van der Waals surface area contributed by atoms with Crippen LogP contribution in [0.3, 0.4) is 0 Å². The average molecular weight is 302 g/mol. The van der Waals surface area contributed by atoms with Crippen LogP contribution in [-0.4, -0.2) is 17.5 Å². The number of phenolic OH excluding ortho intramolecular Hbond substituents is 1. The molecule has 120 valence electrons. The molecule has 0 saturated heterocycles. The molecule has 1 aromatic rings. The van der Waals surface area contributed by atoms with Crippen molar-refractivity contribution in [2.45, 2.75) is 46.0 Å². The van der Waals surface area contributed by atoms with Crippen molar-refractivity contribution in [1.29, 1.82) is 0 Å². The van der Waals surface area contributed by atoms with E-state index in [1.165, 1.54) is 0 Å². The highest BCUT2D eigenvalue weighted by Gasteiger charge is 2.01. The molecule has 0 amide bonds. The van der Waals surface area contributed by atoms with E-state index in [9.17, 15) is 9.90 Å². The monoisotopic (exact) mass is 302 g/mol. The Hall–Kier alpha value is -2.03. The van der Waals surface area contributed by atoms with Crippen LogP contribution < -0.4 is 4.74 Å². The first-order valence-electron chi connectivity index (χ1n) is 8.00. The molecule has 0 spiro atoms. The molecule has 0 heterocycles. The van der Waals surface area contributed by atoms with E-state index in [1.54, 1.807) is 24.3 Å². The summed E-state index contributed by atoms with van der Waals surface area (Å²) in [7, 11) is 0. The van der Waals surface area contributed by atoms with Crippen molar-refractivity contribution >= 4 is 11.9 Å². The lowest BCUT2D eigenvalue weighted by Crippen LogP contribution is -1.95. The summed E-state index contributed by atoms with van der Waals surface area (Å²) in [6.07, 6.45) is 11.8. The molecule has 0 saturated carbocycles. The standard InChI is InChI=1S/C19H26O3/c1-3-5-6-10-17(20)11-8-7-9-16-12-13-18(21)19(15-16)22-14-4-2/h7-9,11-13,15,21H,3-6,10,14H2,1-2H3. The predicted molar refractivity (Wildman–Crippen MR) is 91.2 cm³/mol. The van der Waals surface area contributed by atoms with Crippen LogP contribution in [-0.2, 0) is 4.79 Å². The van der Waals surface area contributed by atoms with Crippen LogP contribution in [0.4, 0.5) is 0 Å². The molecule has 0 radical (unpaired) electrons. The molecule has 3 nitrogen and oxygen atoms in total. The summed E-state index contributed by atoms with van der Waals surface area (Å²) in [6.45, 7) is 4.72. The highest BCUT2D eigenvalue weighted by molar-refractivity contribution is 5.89. The minimum absolute atomic E-state index is 0.146. The quantitative estimate of drug-likeness (QED) is 0.380. The number of aromatic hydroxyl groups is 1. The number of phenols is 1. The number of carbonyl (C=O) groups is 1. The maximum absolute atomic E-state index is 11.6. The van der Waals surface area contributed by atoms with Gasteiger partial charge < -0.3 is 9.84 Å². The third-order valence-electron chi connectivity index (χ3n) is 3.15. The summed E-state index contributed by atoms with van der Waals surface area (Å²) < 4.78 is 5.47. The molecule has 0 atom stereocenters. The van der Waals surface area contributed by atoms with Gasteiger partial charge in [-0.05, 0) is 36.6 Å². The minimum Gasteiger partial charge on any atom is -0.504 e. The summed E-state index contributed by atoms with van der Waals surface area (Å²) in [5.41, 5.74) is 0.923. The number of ether oxygens (including phenoxy) is 1. The van der Waals surface area contributed by atoms with E-state index in [0.29, 0.717) is 18.8 Å². The van der Waals surface area contributed by atoms with Crippen LogP contribution >= 0.6 is 0 Å². The maximum Gasteiger partial charge on any atom is 0.161 e. The lowest BCUT2D eigenvalue weighted by molar-refractivity contribution is -0.114. The second-order valence-corrected chi connectivity index (χ2v) is 5.22. The Morgan fingerprint density at radius 1 is 1.18 bits per heavy atom. The van der Waals surface area contributed by atoms with Gasteiger partial charge in [-0.2, -0.15) is 0 Å². The zero-order valence-electron chi connectivity index (χ0n) is 13.5. The molecule has 1 rings (SSSR count). The number of hydrogen-bond acceptors (Lipinski definition) is 3. The first-order valence-corrected chi connectivity index (χ1v) is 8.00. The minimum atomic E-state index is 0.146. The van der Waals surface area contributed by atoms with Crippen LogP contribution in [0.2, 0.25) is 0 Å². The van der Waals surface area contributed by atoms with Gasteiger partial charge in [-0.1, -0.05) is 51.0 Å². The third-order valence-corrected chi connectivity index (χ3v) is 3.15. The van der Waals surface area contributed by atoms with Crippen molar-refractivity contribution in [2.75, 3.05) is 6.61 Å². The molecular formula is C19H26O3. The Kier molecular flexibility index (Phi) is 8.73. The van der Waals surface area contributed by atoms with E-state index < -0.39 is 0 Å². The van der Waals surface area contributed by atoms with E-state index in [-0.39, 0.29) is 11.5 Å². The van der Waals surface area contributed by atoms with E-state index in [1.807, 2.05) is 25.1 Å². The molecule has 22 heavy (non-hydrogen) atoms. The van der Waals surface area contributed by atoms with Crippen LogP contribution in [0.5, 0.6) is 11.5 Å². The van der Waals surface area contributed by atoms with Gasteiger partial charge in [0.05, 0.1) is 6.61 Å². The lowest BCUT2D eigenvalue weighted by Gasteiger charge is -2.07. The largest absolute Gasteiger partial charge is 0.504 e. The van der Waals surface area contributed by atoms with E-state index >= 15 is 0 Å². The molecule has 0 aliphatic rings. The van der Waals surface area contributed by atoms with Gasteiger partial charge in [0.1, 0.15) is 0 Å². The SMILES string of the molecule is CCCCCC(=O)C=CC=Cc1ccc(O)c(OCCC)c1. The van der Waals surface area contributed by atoms with E-state index in [0.717, 1.165) is 31.2 Å².